The predicted octanol–water partition coefficient (Wildman–Crippen LogP) is 3.40. The Morgan fingerprint density at radius 1 is 1.26 bits per heavy atom. The number of rotatable bonds is 3. The summed E-state index contributed by atoms with van der Waals surface area (Å²) in [6, 6.07) is 10.2. The standard InChI is InChI=1S/C19H16ClFN2O4/c1-11-9-16(24)22-14-7-2-3-8-15(14)23(11)17(25)10-27-19(26)18-12(20)5-4-6-13(18)21/h2-8,11H,9-10H2,1H3,(H,22,24). The minimum Gasteiger partial charge on any atom is -0.452 e. The van der Waals surface area contributed by atoms with Crippen LogP contribution in [0, 0.1) is 5.82 Å². The zero-order chi connectivity index (χ0) is 19.6. The molecule has 140 valence electrons. The molecular formula is C19H16ClFN2O4. The Labute approximate surface area is 159 Å². The molecule has 0 radical (unpaired) electrons. The molecule has 0 aliphatic carbocycles. The molecule has 2 aromatic carbocycles. The summed E-state index contributed by atoms with van der Waals surface area (Å²) in [5.41, 5.74) is 0.567. The summed E-state index contributed by atoms with van der Waals surface area (Å²) in [5, 5.41) is 2.63. The average Bonchev–Trinajstić information content (AvgIpc) is 2.73. The summed E-state index contributed by atoms with van der Waals surface area (Å²) in [7, 11) is 0. The first-order valence-corrected chi connectivity index (χ1v) is 8.58. The lowest BCUT2D eigenvalue weighted by Crippen LogP contribution is -2.41. The van der Waals surface area contributed by atoms with Gasteiger partial charge in [-0.3, -0.25) is 9.59 Å². The molecule has 0 saturated carbocycles. The SMILES string of the molecule is CC1CC(=O)Nc2ccccc2N1C(=O)COC(=O)c1c(F)cccc1Cl. The molecule has 0 spiro atoms. The number of para-hydroxylation sites is 2. The molecule has 0 saturated heterocycles. The van der Waals surface area contributed by atoms with Crippen molar-refractivity contribution < 1.29 is 23.5 Å². The third-order valence-electron chi connectivity index (χ3n) is 4.12. The van der Waals surface area contributed by atoms with Crippen molar-refractivity contribution in [3.8, 4) is 0 Å². The fourth-order valence-corrected chi connectivity index (χ4v) is 3.17. The number of nitrogens with one attached hydrogen (secondary N) is 1. The number of esters is 1. The third kappa shape index (κ3) is 3.93. The maximum atomic E-state index is 13.8. The first-order chi connectivity index (χ1) is 12.9. The number of halogens is 2. The van der Waals surface area contributed by atoms with Gasteiger partial charge in [0, 0.05) is 12.5 Å². The van der Waals surface area contributed by atoms with Gasteiger partial charge in [0.15, 0.2) is 6.61 Å². The summed E-state index contributed by atoms with van der Waals surface area (Å²) < 4.78 is 18.8. The van der Waals surface area contributed by atoms with Crippen LogP contribution in [0.5, 0.6) is 0 Å². The minimum atomic E-state index is -1.03. The zero-order valence-corrected chi connectivity index (χ0v) is 15.1. The van der Waals surface area contributed by atoms with Gasteiger partial charge >= 0.3 is 5.97 Å². The van der Waals surface area contributed by atoms with Gasteiger partial charge in [-0.1, -0.05) is 29.8 Å². The molecular weight excluding hydrogens is 375 g/mol. The lowest BCUT2D eigenvalue weighted by atomic mass is 10.1. The van der Waals surface area contributed by atoms with Crippen LogP contribution in [-0.2, 0) is 14.3 Å². The highest BCUT2D eigenvalue weighted by Gasteiger charge is 2.30. The number of carbonyl (C=O) groups is 3. The van der Waals surface area contributed by atoms with Gasteiger partial charge in [-0.2, -0.15) is 0 Å². The lowest BCUT2D eigenvalue weighted by Gasteiger charge is -2.27. The fraction of sp³-hybridized carbons (Fsp3) is 0.211. The highest BCUT2D eigenvalue weighted by molar-refractivity contribution is 6.33. The van der Waals surface area contributed by atoms with Gasteiger partial charge in [-0.05, 0) is 31.2 Å². The molecule has 2 aromatic rings. The van der Waals surface area contributed by atoms with Crippen LogP contribution in [0.4, 0.5) is 15.8 Å². The first kappa shape index (κ1) is 18.8. The maximum absolute atomic E-state index is 13.8. The molecule has 1 aliphatic heterocycles. The molecule has 3 rings (SSSR count). The Morgan fingerprint density at radius 2 is 2.00 bits per heavy atom. The van der Waals surface area contributed by atoms with Crippen LogP contribution in [0.25, 0.3) is 0 Å². The fourth-order valence-electron chi connectivity index (χ4n) is 2.93. The molecule has 1 aliphatic rings. The van der Waals surface area contributed by atoms with Gasteiger partial charge in [0.2, 0.25) is 5.91 Å². The van der Waals surface area contributed by atoms with E-state index < -0.39 is 35.9 Å². The average molecular weight is 391 g/mol. The smallest absolute Gasteiger partial charge is 0.343 e. The number of nitrogens with zero attached hydrogens (tertiary/aromatic N) is 1. The van der Waals surface area contributed by atoms with Crippen LogP contribution in [-0.4, -0.2) is 30.4 Å². The number of anilines is 2. The quantitative estimate of drug-likeness (QED) is 0.815. The molecule has 0 bridgehead atoms. The normalized spacial score (nSPS) is 16.2. The number of hydrogen-bond donors (Lipinski definition) is 1. The maximum Gasteiger partial charge on any atom is 0.343 e. The van der Waals surface area contributed by atoms with E-state index in [9.17, 15) is 18.8 Å². The summed E-state index contributed by atoms with van der Waals surface area (Å²) in [6.45, 7) is 1.10. The second kappa shape index (κ2) is 7.75. The van der Waals surface area contributed by atoms with E-state index >= 15 is 0 Å². The second-order valence-electron chi connectivity index (χ2n) is 6.06. The van der Waals surface area contributed by atoms with E-state index in [4.69, 9.17) is 16.3 Å². The van der Waals surface area contributed by atoms with Crippen LogP contribution < -0.4 is 10.2 Å². The second-order valence-corrected chi connectivity index (χ2v) is 6.46. The first-order valence-electron chi connectivity index (χ1n) is 8.20. The third-order valence-corrected chi connectivity index (χ3v) is 4.44. The number of ether oxygens (including phenoxy) is 1. The molecule has 0 aromatic heterocycles. The molecule has 1 unspecified atom stereocenters. The summed E-state index contributed by atoms with van der Waals surface area (Å²) >= 11 is 5.83. The van der Waals surface area contributed by atoms with E-state index in [-0.39, 0.29) is 17.4 Å². The Bertz CT molecular complexity index is 898. The van der Waals surface area contributed by atoms with Crippen molar-refractivity contribution in [1.29, 1.82) is 0 Å². The van der Waals surface area contributed by atoms with E-state index in [0.29, 0.717) is 11.4 Å². The van der Waals surface area contributed by atoms with E-state index in [1.807, 2.05) is 0 Å². The van der Waals surface area contributed by atoms with Gasteiger partial charge < -0.3 is 15.0 Å². The predicted molar refractivity (Wildman–Crippen MR) is 98.3 cm³/mol. The van der Waals surface area contributed by atoms with Gasteiger partial charge in [0.25, 0.3) is 5.91 Å². The number of fused-ring (bicyclic) bond motifs is 1. The Kier molecular flexibility index (Phi) is 5.41. The molecule has 6 nitrogen and oxygen atoms in total. The Morgan fingerprint density at radius 3 is 2.74 bits per heavy atom. The monoisotopic (exact) mass is 390 g/mol. The molecule has 0 fully saturated rings. The van der Waals surface area contributed by atoms with Crippen molar-refractivity contribution in [2.45, 2.75) is 19.4 Å². The van der Waals surface area contributed by atoms with Crippen molar-refractivity contribution >= 4 is 40.8 Å². The number of benzene rings is 2. The van der Waals surface area contributed by atoms with Crippen LogP contribution in [0.2, 0.25) is 5.02 Å². The van der Waals surface area contributed by atoms with Crippen LogP contribution >= 0.6 is 11.6 Å². The summed E-state index contributed by atoms with van der Waals surface area (Å²) in [4.78, 5) is 38.2. The van der Waals surface area contributed by atoms with Crippen molar-refractivity contribution in [2.75, 3.05) is 16.8 Å². The summed E-state index contributed by atoms with van der Waals surface area (Å²) in [5.74, 6) is -2.62. The number of hydrogen-bond acceptors (Lipinski definition) is 4. The van der Waals surface area contributed by atoms with Crippen LogP contribution in [0.15, 0.2) is 42.5 Å². The number of carbonyl (C=O) groups excluding carboxylic acids is 3. The molecule has 2 amide bonds. The largest absolute Gasteiger partial charge is 0.452 e. The van der Waals surface area contributed by atoms with Crippen LogP contribution in [0.3, 0.4) is 0 Å². The van der Waals surface area contributed by atoms with Crippen LogP contribution in [0.1, 0.15) is 23.7 Å². The molecule has 27 heavy (non-hydrogen) atoms. The highest BCUT2D eigenvalue weighted by Crippen LogP contribution is 2.31. The summed E-state index contributed by atoms with van der Waals surface area (Å²) in [6.07, 6.45) is 0.0908. The Hall–Kier alpha value is -2.93. The van der Waals surface area contributed by atoms with Gasteiger partial charge in [-0.15, -0.1) is 0 Å². The Balaban J connectivity index is 1.79. The minimum absolute atomic E-state index is 0.0908. The topological polar surface area (TPSA) is 75.7 Å². The molecule has 1 heterocycles. The highest BCUT2D eigenvalue weighted by atomic mass is 35.5. The molecule has 1 atom stereocenters. The van der Waals surface area contributed by atoms with E-state index in [1.54, 1.807) is 31.2 Å². The van der Waals surface area contributed by atoms with Crippen molar-refractivity contribution in [2.24, 2.45) is 0 Å². The van der Waals surface area contributed by atoms with E-state index in [2.05, 4.69) is 5.32 Å². The van der Waals surface area contributed by atoms with Gasteiger partial charge in [-0.25, -0.2) is 9.18 Å². The van der Waals surface area contributed by atoms with Crippen molar-refractivity contribution in [3.05, 3.63) is 58.9 Å². The zero-order valence-electron chi connectivity index (χ0n) is 14.4. The van der Waals surface area contributed by atoms with Crippen molar-refractivity contribution in [1.82, 2.24) is 0 Å². The van der Waals surface area contributed by atoms with E-state index in [1.165, 1.54) is 17.0 Å². The van der Waals surface area contributed by atoms with E-state index in [0.717, 1.165) is 6.07 Å². The van der Waals surface area contributed by atoms with Gasteiger partial charge in [0.1, 0.15) is 11.4 Å². The number of amides is 2. The molecule has 8 heteroatoms. The molecule has 1 N–H and O–H groups in total. The van der Waals surface area contributed by atoms with Gasteiger partial charge in [0.05, 0.1) is 16.4 Å². The van der Waals surface area contributed by atoms with Crippen molar-refractivity contribution in [3.63, 3.8) is 0 Å². The lowest BCUT2D eigenvalue weighted by molar-refractivity contribution is -0.122.